The molecule has 7 heteroatoms. The molecule has 0 unspecified atom stereocenters. The Kier molecular flexibility index (Phi) is 3.79. The molecule has 1 atom stereocenters. The van der Waals surface area contributed by atoms with Gasteiger partial charge in [0.25, 0.3) is 5.91 Å². The molecule has 6 nitrogen and oxygen atoms in total. The lowest BCUT2D eigenvalue weighted by Gasteiger charge is -2.35. The maximum Gasteiger partial charge on any atom is 0.273 e. The average molecular weight is 414 g/mol. The number of hydrogen-bond acceptors (Lipinski definition) is 4. The first-order valence-electron chi connectivity index (χ1n) is 9.96. The number of rotatable bonds is 2. The predicted molar refractivity (Wildman–Crippen MR) is 117 cm³/mol. The minimum atomic E-state index is -0.265. The van der Waals surface area contributed by atoms with E-state index in [-0.39, 0.29) is 11.9 Å². The van der Waals surface area contributed by atoms with Crippen LogP contribution in [0.4, 0.5) is 0 Å². The molecule has 0 fully saturated rings. The Hall–Kier alpha value is -3.45. The normalized spacial score (nSPS) is 16.3. The van der Waals surface area contributed by atoms with Crippen LogP contribution in [0.1, 0.15) is 39.2 Å². The van der Waals surface area contributed by atoms with Crippen molar-refractivity contribution in [2.75, 3.05) is 6.54 Å². The van der Waals surface area contributed by atoms with E-state index >= 15 is 0 Å². The second kappa shape index (κ2) is 6.53. The highest BCUT2D eigenvalue weighted by molar-refractivity contribution is 7.15. The van der Waals surface area contributed by atoms with Crippen molar-refractivity contribution in [3.8, 4) is 0 Å². The number of para-hydroxylation sites is 1. The van der Waals surface area contributed by atoms with E-state index in [9.17, 15) is 4.79 Å². The summed E-state index contributed by atoms with van der Waals surface area (Å²) in [5.74, 6) is -0.0154. The molecule has 1 aliphatic heterocycles. The number of amides is 1. The summed E-state index contributed by atoms with van der Waals surface area (Å²) in [6.07, 6.45) is 4.51. The van der Waals surface area contributed by atoms with Gasteiger partial charge in [-0.05, 0) is 37.1 Å². The van der Waals surface area contributed by atoms with Crippen LogP contribution in [0.15, 0.2) is 60.2 Å². The Labute approximate surface area is 176 Å². The van der Waals surface area contributed by atoms with Crippen LogP contribution >= 0.6 is 11.3 Å². The third kappa shape index (κ3) is 2.45. The molecule has 0 radical (unpaired) electrons. The molecule has 0 spiro atoms. The number of thiazole rings is 1. The van der Waals surface area contributed by atoms with Crippen LogP contribution in [0.2, 0.25) is 0 Å². The molecule has 30 heavy (non-hydrogen) atoms. The van der Waals surface area contributed by atoms with Crippen molar-refractivity contribution in [1.29, 1.82) is 0 Å². The van der Waals surface area contributed by atoms with Crippen LogP contribution in [0.5, 0.6) is 0 Å². The summed E-state index contributed by atoms with van der Waals surface area (Å²) in [7, 11) is 0. The third-order valence-corrected chi connectivity index (χ3v) is 6.66. The number of pyridine rings is 1. The lowest BCUT2D eigenvalue weighted by atomic mass is 9.94. The summed E-state index contributed by atoms with van der Waals surface area (Å²) in [5.41, 5.74) is 5.68. The molecule has 1 N–H and O–H groups in total. The fraction of sp³-hybridized carbons (Fsp3) is 0.174. The van der Waals surface area contributed by atoms with Gasteiger partial charge in [-0.3, -0.25) is 14.2 Å². The molecule has 148 valence electrons. The SMILES string of the molecule is Cc1nc2sccn2c1C(=O)N1CCc2c([nH]c3ccccc23)[C@H]1c1ccccn1. The van der Waals surface area contributed by atoms with E-state index in [2.05, 4.69) is 33.2 Å². The van der Waals surface area contributed by atoms with Gasteiger partial charge in [-0.1, -0.05) is 24.3 Å². The summed E-state index contributed by atoms with van der Waals surface area (Å²) in [6, 6.07) is 13.9. The second-order valence-corrected chi connectivity index (χ2v) is 8.44. The van der Waals surface area contributed by atoms with Gasteiger partial charge in [0.05, 0.1) is 11.4 Å². The maximum atomic E-state index is 13.8. The smallest absolute Gasteiger partial charge is 0.273 e. The number of hydrogen-bond donors (Lipinski definition) is 1. The standard InChI is InChI=1S/C23H19N5OS/c1-14-20(28-12-13-30-23(28)25-14)22(29)27-11-9-16-15-6-2-3-7-17(15)26-19(16)21(27)18-8-4-5-10-24-18/h2-8,10,12-13,21,26H,9,11H2,1H3/t21-/m1/s1. The molecule has 1 amide bonds. The molecule has 5 aromatic rings. The topological polar surface area (TPSA) is 66.3 Å². The first-order valence-corrected chi connectivity index (χ1v) is 10.8. The number of imidazole rings is 1. The van der Waals surface area contributed by atoms with Gasteiger partial charge in [0.15, 0.2) is 4.96 Å². The largest absolute Gasteiger partial charge is 0.356 e. The van der Waals surface area contributed by atoms with Crippen LogP contribution in [0.25, 0.3) is 15.9 Å². The summed E-state index contributed by atoms with van der Waals surface area (Å²) < 4.78 is 1.90. The van der Waals surface area contributed by atoms with E-state index in [1.54, 1.807) is 6.20 Å². The number of aromatic nitrogens is 4. The number of benzene rings is 1. The fourth-order valence-electron chi connectivity index (χ4n) is 4.59. The van der Waals surface area contributed by atoms with Crippen molar-refractivity contribution < 1.29 is 4.79 Å². The van der Waals surface area contributed by atoms with Crippen molar-refractivity contribution in [1.82, 2.24) is 24.3 Å². The highest BCUT2D eigenvalue weighted by atomic mass is 32.1. The lowest BCUT2D eigenvalue weighted by molar-refractivity contribution is 0.0680. The first kappa shape index (κ1) is 17.4. The molecule has 0 saturated carbocycles. The Morgan fingerprint density at radius 3 is 2.93 bits per heavy atom. The van der Waals surface area contributed by atoms with Gasteiger partial charge < -0.3 is 9.88 Å². The van der Waals surface area contributed by atoms with Gasteiger partial charge in [-0.2, -0.15) is 0 Å². The van der Waals surface area contributed by atoms with Crippen LogP contribution < -0.4 is 0 Å². The molecule has 0 saturated heterocycles. The van der Waals surface area contributed by atoms with Gasteiger partial charge >= 0.3 is 0 Å². The molecular weight excluding hydrogens is 394 g/mol. The van der Waals surface area contributed by atoms with Gasteiger partial charge in [0.1, 0.15) is 11.7 Å². The van der Waals surface area contributed by atoms with Crippen molar-refractivity contribution >= 4 is 33.1 Å². The summed E-state index contributed by atoms with van der Waals surface area (Å²) in [6.45, 7) is 2.53. The maximum absolute atomic E-state index is 13.8. The van der Waals surface area contributed by atoms with Crippen LogP contribution in [-0.2, 0) is 6.42 Å². The van der Waals surface area contributed by atoms with E-state index < -0.39 is 0 Å². The number of nitrogens with one attached hydrogen (secondary N) is 1. The molecule has 5 heterocycles. The number of H-pyrrole nitrogens is 1. The van der Waals surface area contributed by atoms with E-state index in [1.807, 2.05) is 52.1 Å². The zero-order valence-electron chi connectivity index (χ0n) is 16.4. The van der Waals surface area contributed by atoms with Crippen LogP contribution in [0.3, 0.4) is 0 Å². The number of aryl methyl sites for hydroxylation is 1. The van der Waals surface area contributed by atoms with Gasteiger partial charge in [0, 0.05) is 40.9 Å². The Balaban J connectivity index is 1.54. The monoisotopic (exact) mass is 413 g/mol. The molecule has 1 aromatic carbocycles. The highest BCUT2D eigenvalue weighted by Crippen LogP contribution is 2.38. The quantitative estimate of drug-likeness (QED) is 0.467. The zero-order chi connectivity index (χ0) is 20.2. The molecular formula is C23H19N5OS. The van der Waals surface area contributed by atoms with Crippen molar-refractivity contribution in [2.24, 2.45) is 0 Å². The summed E-state index contributed by atoms with van der Waals surface area (Å²) in [5, 5.41) is 3.18. The van der Waals surface area contributed by atoms with E-state index in [1.165, 1.54) is 22.3 Å². The Bertz CT molecular complexity index is 1400. The molecule has 0 bridgehead atoms. The molecule has 6 rings (SSSR count). The minimum Gasteiger partial charge on any atom is -0.356 e. The molecule has 0 aliphatic carbocycles. The molecule has 4 aromatic heterocycles. The number of carbonyl (C=O) groups excluding carboxylic acids is 1. The number of carbonyl (C=O) groups is 1. The Morgan fingerprint density at radius 2 is 2.07 bits per heavy atom. The number of aromatic amines is 1. The van der Waals surface area contributed by atoms with Crippen LogP contribution in [0, 0.1) is 6.92 Å². The van der Waals surface area contributed by atoms with E-state index in [4.69, 9.17) is 0 Å². The van der Waals surface area contributed by atoms with E-state index in [0.717, 1.165) is 34.0 Å². The summed E-state index contributed by atoms with van der Waals surface area (Å²) in [4.78, 5) is 29.4. The second-order valence-electron chi connectivity index (χ2n) is 7.57. The third-order valence-electron chi connectivity index (χ3n) is 5.90. The number of fused-ring (bicyclic) bond motifs is 4. The highest BCUT2D eigenvalue weighted by Gasteiger charge is 2.37. The summed E-state index contributed by atoms with van der Waals surface area (Å²) >= 11 is 1.54. The fourth-order valence-corrected chi connectivity index (χ4v) is 5.35. The van der Waals surface area contributed by atoms with Crippen molar-refractivity contribution in [2.45, 2.75) is 19.4 Å². The zero-order valence-corrected chi connectivity index (χ0v) is 17.2. The minimum absolute atomic E-state index is 0.0154. The predicted octanol–water partition coefficient (Wildman–Crippen LogP) is 4.37. The first-order chi connectivity index (χ1) is 14.7. The van der Waals surface area contributed by atoms with E-state index in [0.29, 0.717) is 12.2 Å². The average Bonchev–Trinajstić information content (AvgIpc) is 3.45. The van der Waals surface area contributed by atoms with Gasteiger partial charge in [-0.25, -0.2) is 4.98 Å². The Morgan fingerprint density at radius 1 is 1.20 bits per heavy atom. The van der Waals surface area contributed by atoms with Gasteiger partial charge in [-0.15, -0.1) is 11.3 Å². The number of nitrogens with zero attached hydrogens (tertiary/aromatic N) is 4. The van der Waals surface area contributed by atoms with Crippen molar-refractivity contribution in [3.05, 3.63) is 88.6 Å². The van der Waals surface area contributed by atoms with Gasteiger partial charge in [0.2, 0.25) is 0 Å². The van der Waals surface area contributed by atoms with Crippen LogP contribution in [-0.4, -0.2) is 36.7 Å². The molecule has 1 aliphatic rings. The lowest BCUT2D eigenvalue weighted by Crippen LogP contribution is -2.41. The van der Waals surface area contributed by atoms with Crippen molar-refractivity contribution in [3.63, 3.8) is 0 Å².